The second-order valence-electron chi connectivity index (χ2n) is 3.56. The average molecular weight is 184 g/mol. The summed E-state index contributed by atoms with van der Waals surface area (Å²) in [5.74, 6) is 0. The third kappa shape index (κ3) is 2.05. The van der Waals surface area contributed by atoms with Crippen molar-refractivity contribution in [3.63, 3.8) is 0 Å². The molecule has 1 heterocycles. The van der Waals surface area contributed by atoms with Crippen LogP contribution in [-0.4, -0.2) is 0 Å². The Balaban J connectivity index is 1.93. The summed E-state index contributed by atoms with van der Waals surface area (Å²) >= 11 is 0. The lowest BCUT2D eigenvalue weighted by atomic mass is 10.1. The van der Waals surface area contributed by atoms with Crippen LogP contribution in [0.1, 0.15) is 18.9 Å². The summed E-state index contributed by atoms with van der Waals surface area (Å²) in [6.45, 7) is 2.12. The van der Waals surface area contributed by atoms with E-state index in [-0.39, 0.29) is 0 Å². The highest BCUT2D eigenvalue weighted by molar-refractivity contribution is 5.30. The van der Waals surface area contributed by atoms with Gasteiger partial charge in [0.1, 0.15) is 0 Å². The molecular weight excluding hydrogens is 170 g/mol. The van der Waals surface area contributed by atoms with Gasteiger partial charge in [0.2, 0.25) is 0 Å². The summed E-state index contributed by atoms with van der Waals surface area (Å²) < 4.78 is 0. The van der Waals surface area contributed by atoms with E-state index in [4.69, 9.17) is 0 Å². The first kappa shape index (κ1) is 9.07. The fourth-order valence-electron chi connectivity index (χ4n) is 1.61. The van der Waals surface area contributed by atoms with Gasteiger partial charge in [-0.15, -0.1) is 0 Å². The van der Waals surface area contributed by atoms with Crippen LogP contribution in [0.5, 0.6) is 0 Å². The SMILES string of the molecule is CC1=C(CCc2ccccc2)[N]C=C1. The van der Waals surface area contributed by atoms with E-state index in [1.807, 2.05) is 6.20 Å². The Morgan fingerprint density at radius 1 is 1.07 bits per heavy atom. The normalized spacial score (nSPS) is 14.6. The molecule has 0 spiro atoms. The van der Waals surface area contributed by atoms with Gasteiger partial charge in [-0.2, -0.15) is 0 Å². The van der Waals surface area contributed by atoms with E-state index < -0.39 is 0 Å². The predicted molar refractivity (Wildman–Crippen MR) is 58.7 cm³/mol. The molecule has 0 unspecified atom stereocenters. The number of allylic oxidation sites excluding steroid dienone is 3. The van der Waals surface area contributed by atoms with E-state index in [2.05, 4.69) is 48.6 Å². The minimum atomic E-state index is 1.04. The second kappa shape index (κ2) is 4.14. The summed E-state index contributed by atoms with van der Waals surface area (Å²) in [6, 6.07) is 10.5. The molecule has 1 radical (unpaired) electrons. The van der Waals surface area contributed by atoms with Gasteiger partial charge in [-0.05, 0) is 37.0 Å². The molecule has 0 aromatic heterocycles. The van der Waals surface area contributed by atoms with Crippen LogP contribution in [0, 0.1) is 0 Å². The van der Waals surface area contributed by atoms with Crippen molar-refractivity contribution < 1.29 is 0 Å². The molecule has 14 heavy (non-hydrogen) atoms. The molecule has 0 saturated carbocycles. The third-order valence-electron chi connectivity index (χ3n) is 2.50. The molecule has 1 aromatic carbocycles. The molecule has 0 fully saturated rings. The number of hydrogen-bond acceptors (Lipinski definition) is 0. The lowest BCUT2D eigenvalue weighted by molar-refractivity contribution is 0.858. The third-order valence-corrected chi connectivity index (χ3v) is 2.50. The average Bonchev–Trinajstić information content (AvgIpc) is 2.63. The molecule has 1 nitrogen and oxygen atoms in total. The van der Waals surface area contributed by atoms with Gasteiger partial charge in [-0.1, -0.05) is 30.3 Å². The first-order valence-corrected chi connectivity index (χ1v) is 4.97. The summed E-state index contributed by atoms with van der Waals surface area (Å²) in [4.78, 5) is 0. The maximum absolute atomic E-state index is 4.33. The predicted octanol–water partition coefficient (Wildman–Crippen LogP) is 3.02. The quantitative estimate of drug-likeness (QED) is 0.685. The molecule has 71 valence electrons. The van der Waals surface area contributed by atoms with Crippen molar-refractivity contribution in [3.8, 4) is 0 Å². The van der Waals surface area contributed by atoms with Crippen LogP contribution in [0.2, 0.25) is 0 Å². The van der Waals surface area contributed by atoms with Gasteiger partial charge in [0.25, 0.3) is 0 Å². The topological polar surface area (TPSA) is 14.1 Å². The number of nitrogens with zero attached hydrogens (tertiary/aromatic N) is 1. The Morgan fingerprint density at radius 2 is 1.86 bits per heavy atom. The number of aryl methyl sites for hydroxylation is 1. The molecule has 0 saturated heterocycles. The van der Waals surface area contributed by atoms with Gasteiger partial charge >= 0.3 is 0 Å². The van der Waals surface area contributed by atoms with E-state index in [1.54, 1.807) is 0 Å². The Morgan fingerprint density at radius 3 is 2.50 bits per heavy atom. The van der Waals surface area contributed by atoms with Crippen molar-refractivity contribution in [2.75, 3.05) is 0 Å². The van der Waals surface area contributed by atoms with E-state index in [9.17, 15) is 0 Å². The molecule has 0 N–H and O–H groups in total. The van der Waals surface area contributed by atoms with Gasteiger partial charge in [-0.3, -0.25) is 5.32 Å². The van der Waals surface area contributed by atoms with Crippen LogP contribution >= 0.6 is 0 Å². The molecule has 2 rings (SSSR count). The monoisotopic (exact) mass is 184 g/mol. The van der Waals surface area contributed by atoms with Crippen molar-refractivity contribution >= 4 is 0 Å². The van der Waals surface area contributed by atoms with Crippen LogP contribution < -0.4 is 5.32 Å². The van der Waals surface area contributed by atoms with Crippen LogP contribution in [0.15, 0.2) is 53.9 Å². The number of rotatable bonds is 3. The fourth-order valence-corrected chi connectivity index (χ4v) is 1.61. The highest BCUT2D eigenvalue weighted by Gasteiger charge is 2.05. The highest BCUT2D eigenvalue weighted by Crippen LogP contribution is 2.16. The van der Waals surface area contributed by atoms with Crippen molar-refractivity contribution in [3.05, 3.63) is 59.4 Å². The van der Waals surface area contributed by atoms with E-state index in [1.165, 1.54) is 16.8 Å². The Bertz CT molecular complexity index is 360. The fraction of sp³-hybridized carbons (Fsp3) is 0.231. The Kier molecular flexibility index (Phi) is 2.68. The van der Waals surface area contributed by atoms with E-state index in [0.29, 0.717) is 0 Å². The van der Waals surface area contributed by atoms with Crippen molar-refractivity contribution in [1.29, 1.82) is 0 Å². The molecule has 1 heteroatoms. The molecule has 1 aliphatic rings. The molecule has 1 aliphatic heterocycles. The van der Waals surface area contributed by atoms with E-state index in [0.717, 1.165) is 12.8 Å². The molecule has 0 aliphatic carbocycles. The first-order chi connectivity index (χ1) is 6.86. The van der Waals surface area contributed by atoms with Crippen molar-refractivity contribution in [1.82, 2.24) is 5.32 Å². The first-order valence-electron chi connectivity index (χ1n) is 4.97. The second-order valence-corrected chi connectivity index (χ2v) is 3.56. The maximum atomic E-state index is 4.33. The molecule has 0 bridgehead atoms. The number of benzene rings is 1. The highest BCUT2D eigenvalue weighted by atomic mass is 14.9. The molecule has 0 atom stereocenters. The van der Waals surface area contributed by atoms with Crippen LogP contribution in [0.25, 0.3) is 0 Å². The largest absolute Gasteiger partial charge is 0.261 e. The summed E-state index contributed by atoms with van der Waals surface area (Å²) in [5, 5.41) is 4.33. The Labute approximate surface area is 85.2 Å². The number of hydrogen-bond donors (Lipinski definition) is 0. The lowest BCUT2D eigenvalue weighted by Gasteiger charge is -2.03. The minimum Gasteiger partial charge on any atom is -0.261 e. The molecule has 1 aromatic rings. The minimum absolute atomic E-state index is 1.04. The van der Waals surface area contributed by atoms with Crippen LogP contribution in [0.3, 0.4) is 0 Å². The summed E-state index contributed by atoms with van der Waals surface area (Å²) in [5.41, 5.74) is 3.92. The van der Waals surface area contributed by atoms with Gasteiger partial charge in [0.15, 0.2) is 0 Å². The zero-order valence-corrected chi connectivity index (χ0v) is 8.40. The zero-order valence-electron chi connectivity index (χ0n) is 8.40. The maximum Gasteiger partial charge on any atom is 0.0436 e. The van der Waals surface area contributed by atoms with E-state index >= 15 is 0 Å². The molecule has 0 amide bonds. The van der Waals surface area contributed by atoms with Gasteiger partial charge in [-0.25, -0.2) is 0 Å². The van der Waals surface area contributed by atoms with Crippen LogP contribution in [0.4, 0.5) is 0 Å². The van der Waals surface area contributed by atoms with Crippen molar-refractivity contribution in [2.24, 2.45) is 0 Å². The van der Waals surface area contributed by atoms with Crippen LogP contribution in [-0.2, 0) is 6.42 Å². The molecular formula is C13H14N. The zero-order chi connectivity index (χ0) is 9.80. The Hall–Kier alpha value is -1.50. The lowest BCUT2D eigenvalue weighted by Crippen LogP contribution is -1.96. The summed E-state index contributed by atoms with van der Waals surface area (Å²) in [6.07, 6.45) is 6.08. The van der Waals surface area contributed by atoms with Gasteiger partial charge in [0, 0.05) is 11.9 Å². The van der Waals surface area contributed by atoms with Gasteiger partial charge < -0.3 is 0 Å². The standard InChI is InChI=1S/C13H14N/c1-11-9-10-14-13(11)8-7-12-5-3-2-4-6-12/h2-6,9-10H,7-8H2,1H3. The smallest absolute Gasteiger partial charge is 0.0436 e. The van der Waals surface area contributed by atoms with Gasteiger partial charge in [0.05, 0.1) is 0 Å². The van der Waals surface area contributed by atoms with Crippen molar-refractivity contribution in [2.45, 2.75) is 19.8 Å². The summed E-state index contributed by atoms with van der Waals surface area (Å²) in [7, 11) is 0.